The molecule has 0 bridgehead atoms. The largest absolute Gasteiger partial charge is 0.219 e. The van der Waals surface area contributed by atoms with E-state index in [0.29, 0.717) is 11.1 Å². The second-order valence-electron chi connectivity index (χ2n) is 4.33. The van der Waals surface area contributed by atoms with Gasteiger partial charge in [0.15, 0.2) is 9.84 Å². The van der Waals surface area contributed by atoms with Gasteiger partial charge >= 0.3 is 0 Å². The summed E-state index contributed by atoms with van der Waals surface area (Å²) in [5.74, 6) is -0.850. The summed E-state index contributed by atoms with van der Waals surface area (Å²) < 4.78 is 49.8. The van der Waals surface area contributed by atoms with Crippen molar-refractivity contribution < 1.29 is 17.2 Å². The Morgan fingerprint density at radius 3 is 1.90 bits per heavy atom. The van der Waals surface area contributed by atoms with Crippen LogP contribution in [0.4, 0.5) is 8.78 Å². The molecule has 2 rings (SSSR count). The average molecular weight is 306 g/mol. The van der Waals surface area contributed by atoms with Crippen LogP contribution < -0.4 is 0 Å². The van der Waals surface area contributed by atoms with Gasteiger partial charge in [0.1, 0.15) is 11.6 Å². The number of rotatable bonds is 4. The molecule has 0 saturated heterocycles. The maximum absolute atomic E-state index is 12.8. The predicted octanol–water partition coefficient (Wildman–Crippen LogP) is 4.02. The van der Waals surface area contributed by atoms with E-state index in [0.717, 1.165) is 5.41 Å². The summed E-state index contributed by atoms with van der Waals surface area (Å²) in [5, 5.41) is 0.992. The molecule has 2 nitrogen and oxygen atoms in total. The van der Waals surface area contributed by atoms with E-state index in [1.807, 2.05) is 0 Å². The average Bonchev–Trinajstić information content (AvgIpc) is 2.47. The van der Waals surface area contributed by atoms with Gasteiger partial charge in [-0.1, -0.05) is 30.8 Å². The number of halogens is 2. The standard InChI is InChI=1S/C16H12F2O2S/c1-12(14-4-8-16(18)9-5-14)21(19,20)11-10-13-2-6-15(17)7-3-13/h2-11H,1H2. The lowest BCUT2D eigenvalue weighted by molar-refractivity contribution is 0.613. The highest BCUT2D eigenvalue weighted by Crippen LogP contribution is 2.21. The van der Waals surface area contributed by atoms with Crippen molar-refractivity contribution in [2.45, 2.75) is 0 Å². The number of benzene rings is 2. The molecule has 0 N–H and O–H groups in total. The van der Waals surface area contributed by atoms with Gasteiger partial charge in [0.25, 0.3) is 0 Å². The van der Waals surface area contributed by atoms with Crippen molar-refractivity contribution in [3.05, 3.63) is 83.3 Å². The normalized spacial score (nSPS) is 11.7. The fourth-order valence-corrected chi connectivity index (χ4v) is 2.59. The van der Waals surface area contributed by atoms with Crippen molar-refractivity contribution in [3.63, 3.8) is 0 Å². The van der Waals surface area contributed by atoms with Crippen molar-refractivity contribution in [2.75, 3.05) is 0 Å². The summed E-state index contributed by atoms with van der Waals surface area (Å²) in [7, 11) is -3.73. The molecule has 108 valence electrons. The summed E-state index contributed by atoms with van der Waals surface area (Å²) in [4.78, 5) is -0.124. The lowest BCUT2D eigenvalue weighted by Crippen LogP contribution is -1.98. The zero-order valence-electron chi connectivity index (χ0n) is 11.0. The van der Waals surface area contributed by atoms with E-state index in [1.165, 1.54) is 54.6 Å². The highest BCUT2D eigenvalue weighted by molar-refractivity contribution is 8.03. The SMILES string of the molecule is C=C(c1ccc(F)cc1)S(=O)(=O)C=Cc1ccc(F)cc1. The van der Waals surface area contributed by atoms with Crippen LogP contribution in [-0.4, -0.2) is 8.42 Å². The topological polar surface area (TPSA) is 34.1 Å². The molecule has 0 radical (unpaired) electrons. The summed E-state index contributed by atoms with van der Waals surface area (Å²) in [5.41, 5.74) is 0.868. The summed E-state index contributed by atoms with van der Waals surface area (Å²) in [6.07, 6.45) is 1.35. The Balaban J connectivity index is 2.23. The first-order valence-corrected chi connectivity index (χ1v) is 7.57. The van der Waals surface area contributed by atoms with Crippen molar-refractivity contribution in [1.29, 1.82) is 0 Å². The molecule has 2 aromatic rings. The third kappa shape index (κ3) is 3.86. The molecular weight excluding hydrogens is 294 g/mol. The fraction of sp³-hybridized carbons (Fsp3) is 0. The first kappa shape index (κ1) is 15.1. The fourth-order valence-electron chi connectivity index (χ4n) is 1.62. The van der Waals surface area contributed by atoms with E-state index in [-0.39, 0.29) is 4.91 Å². The van der Waals surface area contributed by atoms with Gasteiger partial charge in [-0.25, -0.2) is 17.2 Å². The highest BCUT2D eigenvalue weighted by Gasteiger charge is 2.14. The van der Waals surface area contributed by atoms with E-state index >= 15 is 0 Å². The van der Waals surface area contributed by atoms with E-state index in [4.69, 9.17) is 0 Å². The van der Waals surface area contributed by atoms with Crippen molar-refractivity contribution in [1.82, 2.24) is 0 Å². The molecule has 0 aliphatic heterocycles. The number of hydrogen-bond donors (Lipinski definition) is 0. The van der Waals surface area contributed by atoms with Gasteiger partial charge in [0, 0.05) is 5.41 Å². The van der Waals surface area contributed by atoms with E-state index in [2.05, 4.69) is 6.58 Å². The lowest BCUT2D eigenvalue weighted by atomic mass is 10.2. The Bertz CT molecular complexity index is 774. The quantitative estimate of drug-likeness (QED) is 0.855. The first-order valence-electron chi connectivity index (χ1n) is 6.02. The molecule has 0 fully saturated rings. The molecule has 0 aliphatic carbocycles. The molecule has 0 unspecified atom stereocenters. The van der Waals surface area contributed by atoms with Gasteiger partial charge in [-0.3, -0.25) is 0 Å². The minimum Gasteiger partial charge on any atom is -0.219 e. The molecule has 0 amide bonds. The zero-order chi connectivity index (χ0) is 15.5. The minimum atomic E-state index is -3.73. The van der Waals surface area contributed by atoms with Crippen LogP contribution >= 0.6 is 0 Å². The Morgan fingerprint density at radius 2 is 1.38 bits per heavy atom. The minimum absolute atomic E-state index is 0.124. The molecule has 0 aromatic heterocycles. The highest BCUT2D eigenvalue weighted by atomic mass is 32.2. The maximum atomic E-state index is 12.8. The van der Waals surface area contributed by atoms with Gasteiger partial charge in [0.05, 0.1) is 4.91 Å². The molecule has 21 heavy (non-hydrogen) atoms. The van der Waals surface area contributed by atoms with Crippen LogP contribution in [-0.2, 0) is 9.84 Å². The van der Waals surface area contributed by atoms with Gasteiger partial charge in [-0.2, -0.15) is 0 Å². The molecule has 0 saturated carbocycles. The van der Waals surface area contributed by atoms with Crippen LogP contribution in [0.1, 0.15) is 11.1 Å². The molecule has 0 heterocycles. The van der Waals surface area contributed by atoms with Gasteiger partial charge < -0.3 is 0 Å². The Labute approximate surface area is 122 Å². The maximum Gasteiger partial charge on any atom is 0.199 e. The molecule has 2 aromatic carbocycles. The second-order valence-corrected chi connectivity index (χ2v) is 6.18. The van der Waals surface area contributed by atoms with Crippen molar-refractivity contribution in [2.24, 2.45) is 0 Å². The Morgan fingerprint density at radius 1 is 0.905 bits per heavy atom. The van der Waals surface area contributed by atoms with Crippen LogP contribution in [0, 0.1) is 11.6 Å². The van der Waals surface area contributed by atoms with E-state index in [1.54, 1.807) is 0 Å². The van der Waals surface area contributed by atoms with Gasteiger partial charge in [-0.05, 0) is 41.5 Å². The van der Waals surface area contributed by atoms with E-state index in [9.17, 15) is 17.2 Å². The first-order chi connectivity index (χ1) is 9.88. The second kappa shape index (κ2) is 6.01. The van der Waals surface area contributed by atoms with Crippen molar-refractivity contribution in [3.8, 4) is 0 Å². The van der Waals surface area contributed by atoms with Crippen molar-refractivity contribution >= 4 is 20.8 Å². The van der Waals surface area contributed by atoms with Crippen LogP contribution in [0.15, 0.2) is 60.5 Å². The van der Waals surface area contributed by atoms with Crippen LogP contribution in [0.2, 0.25) is 0 Å². The van der Waals surface area contributed by atoms with Gasteiger partial charge in [-0.15, -0.1) is 0 Å². The van der Waals surface area contributed by atoms with Crippen LogP contribution in [0.3, 0.4) is 0 Å². The number of hydrogen-bond acceptors (Lipinski definition) is 2. The van der Waals surface area contributed by atoms with Gasteiger partial charge in [0.2, 0.25) is 0 Å². The third-order valence-corrected chi connectivity index (χ3v) is 4.24. The number of sulfone groups is 1. The Hall–Kier alpha value is -2.27. The smallest absolute Gasteiger partial charge is 0.199 e. The predicted molar refractivity (Wildman–Crippen MR) is 79.8 cm³/mol. The molecule has 0 atom stereocenters. The lowest BCUT2D eigenvalue weighted by Gasteiger charge is -2.04. The summed E-state index contributed by atoms with van der Waals surface area (Å²) in [6.45, 7) is 3.53. The zero-order valence-corrected chi connectivity index (χ0v) is 11.8. The molecule has 0 spiro atoms. The third-order valence-electron chi connectivity index (χ3n) is 2.82. The monoisotopic (exact) mass is 306 g/mol. The Kier molecular flexibility index (Phi) is 4.33. The molecule has 5 heteroatoms. The summed E-state index contributed by atoms with van der Waals surface area (Å²) >= 11 is 0. The molecule has 0 aliphatic rings. The summed E-state index contributed by atoms with van der Waals surface area (Å²) in [6, 6.07) is 10.4. The van der Waals surface area contributed by atoms with Crippen LogP contribution in [0.25, 0.3) is 11.0 Å². The molecular formula is C16H12F2O2S. The van der Waals surface area contributed by atoms with E-state index < -0.39 is 21.5 Å². The van der Waals surface area contributed by atoms with Crippen LogP contribution in [0.5, 0.6) is 0 Å².